The fourth-order valence-electron chi connectivity index (χ4n) is 1.93. The van der Waals surface area contributed by atoms with Gasteiger partial charge in [-0.1, -0.05) is 39.3 Å². The van der Waals surface area contributed by atoms with E-state index in [0.29, 0.717) is 0 Å². The molecule has 0 aliphatic heterocycles. The Morgan fingerprint density at radius 2 is 1.79 bits per heavy atom. The van der Waals surface area contributed by atoms with Crippen LogP contribution in [0, 0.1) is 5.92 Å². The lowest BCUT2D eigenvalue weighted by Crippen LogP contribution is -2.28. The van der Waals surface area contributed by atoms with Crippen molar-refractivity contribution in [2.24, 2.45) is 11.7 Å². The summed E-state index contributed by atoms with van der Waals surface area (Å²) in [5.74, 6) is 2.02. The van der Waals surface area contributed by atoms with Gasteiger partial charge in [0.2, 0.25) is 0 Å². The zero-order chi connectivity index (χ0) is 14.3. The highest BCUT2D eigenvalue weighted by atomic mass is 32.2. The van der Waals surface area contributed by atoms with Crippen LogP contribution in [0.25, 0.3) is 0 Å². The quantitative estimate of drug-likeness (QED) is 0.556. The summed E-state index contributed by atoms with van der Waals surface area (Å²) in [6.07, 6.45) is 2.54. The Bertz CT molecular complexity index is 350. The molecule has 0 bridgehead atoms. The molecule has 2 N–H and O–H groups in total. The van der Waals surface area contributed by atoms with E-state index in [1.54, 1.807) is 0 Å². The second-order valence-electron chi connectivity index (χ2n) is 5.56. The van der Waals surface area contributed by atoms with E-state index in [1.165, 1.54) is 17.7 Å². The first-order valence-electron chi connectivity index (χ1n) is 7.09. The molecule has 0 saturated carbocycles. The Kier molecular flexibility index (Phi) is 7.47. The van der Waals surface area contributed by atoms with Gasteiger partial charge in [-0.2, -0.15) is 0 Å². The molecule has 0 heterocycles. The highest BCUT2D eigenvalue weighted by Gasteiger charge is 2.14. The van der Waals surface area contributed by atoms with Crippen LogP contribution in [-0.4, -0.2) is 18.5 Å². The molecular formula is C16H26FNS. The minimum atomic E-state index is -0.465. The summed E-state index contributed by atoms with van der Waals surface area (Å²) in [6.45, 7) is 6.03. The molecule has 0 fully saturated rings. The predicted molar refractivity (Wildman–Crippen MR) is 83.6 cm³/mol. The molecule has 0 aliphatic carbocycles. The molecule has 0 saturated heterocycles. The van der Waals surface area contributed by atoms with Gasteiger partial charge in [-0.3, -0.25) is 0 Å². The first-order chi connectivity index (χ1) is 9.04. The lowest BCUT2D eigenvalue weighted by Gasteiger charge is -2.17. The van der Waals surface area contributed by atoms with E-state index in [0.717, 1.165) is 17.2 Å². The van der Waals surface area contributed by atoms with Gasteiger partial charge in [0.1, 0.15) is 6.67 Å². The molecule has 19 heavy (non-hydrogen) atoms. The summed E-state index contributed by atoms with van der Waals surface area (Å²) in [5.41, 5.74) is 6.85. The van der Waals surface area contributed by atoms with Gasteiger partial charge >= 0.3 is 0 Å². The molecule has 3 heteroatoms. The lowest BCUT2D eigenvalue weighted by molar-refractivity contribution is 0.396. The third-order valence-electron chi connectivity index (χ3n) is 3.42. The smallest absolute Gasteiger partial charge is 0.105 e. The molecule has 2 unspecified atom stereocenters. The second-order valence-corrected chi connectivity index (χ2v) is 6.73. The molecule has 1 aromatic rings. The van der Waals surface area contributed by atoms with Crippen LogP contribution < -0.4 is 5.73 Å². The van der Waals surface area contributed by atoms with Crippen LogP contribution in [0.5, 0.6) is 0 Å². The van der Waals surface area contributed by atoms with E-state index in [1.807, 2.05) is 18.7 Å². The van der Waals surface area contributed by atoms with E-state index in [2.05, 4.69) is 38.1 Å². The summed E-state index contributed by atoms with van der Waals surface area (Å²) >= 11 is 1.89. The Hall–Kier alpha value is -0.540. The molecule has 0 aromatic heterocycles. The monoisotopic (exact) mass is 283 g/mol. The molecule has 0 radical (unpaired) electrons. The topological polar surface area (TPSA) is 26.0 Å². The number of halogens is 1. The van der Waals surface area contributed by atoms with E-state index in [-0.39, 0.29) is 5.92 Å². The van der Waals surface area contributed by atoms with E-state index >= 15 is 0 Å². The zero-order valence-corrected chi connectivity index (χ0v) is 13.0. The number of alkyl halides is 1. The number of nitrogens with two attached hydrogens (primary N) is 1. The SMILES string of the molecule is CC(C)CCCSc1ccc(C(C)C(N)CF)cc1. The fraction of sp³-hybridized carbons (Fsp3) is 0.625. The average Bonchev–Trinajstić information content (AvgIpc) is 2.42. The number of thioether (sulfide) groups is 1. The van der Waals surface area contributed by atoms with Crippen molar-refractivity contribution in [3.05, 3.63) is 29.8 Å². The molecule has 108 valence electrons. The normalized spacial score (nSPS) is 14.6. The van der Waals surface area contributed by atoms with E-state index in [9.17, 15) is 4.39 Å². The number of rotatable bonds is 8. The summed E-state index contributed by atoms with van der Waals surface area (Å²) < 4.78 is 12.5. The summed E-state index contributed by atoms with van der Waals surface area (Å²) in [4.78, 5) is 1.29. The predicted octanol–water partition coefficient (Wildman–Crippen LogP) is 4.62. The van der Waals surface area contributed by atoms with Crippen LogP contribution >= 0.6 is 11.8 Å². The molecule has 1 aromatic carbocycles. The zero-order valence-electron chi connectivity index (χ0n) is 12.2. The van der Waals surface area contributed by atoms with Crippen molar-refractivity contribution in [3.63, 3.8) is 0 Å². The van der Waals surface area contributed by atoms with Crippen LogP contribution in [0.3, 0.4) is 0 Å². The van der Waals surface area contributed by atoms with E-state index < -0.39 is 12.7 Å². The minimum absolute atomic E-state index is 0.0741. The lowest BCUT2D eigenvalue weighted by atomic mass is 9.95. The van der Waals surface area contributed by atoms with Gasteiger partial charge in [0.05, 0.1) is 0 Å². The van der Waals surface area contributed by atoms with Crippen LogP contribution in [0.15, 0.2) is 29.2 Å². The van der Waals surface area contributed by atoms with Crippen molar-refractivity contribution >= 4 is 11.8 Å². The van der Waals surface area contributed by atoms with Gasteiger partial charge in [-0.05, 0) is 41.7 Å². The number of hydrogen-bond acceptors (Lipinski definition) is 2. The Morgan fingerprint density at radius 3 is 2.32 bits per heavy atom. The van der Waals surface area contributed by atoms with Crippen molar-refractivity contribution in [1.29, 1.82) is 0 Å². The Morgan fingerprint density at radius 1 is 1.16 bits per heavy atom. The highest BCUT2D eigenvalue weighted by molar-refractivity contribution is 7.99. The molecule has 0 spiro atoms. The van der Waals surface area contributed by atoms with Gasteiger partial charge in [-0.15, -0.1) is 11.8 Å². The maximum Gasteiger partial charge on any atom is 0.105 e. The molecule has 1 nitrogen and oxygen atoms in total. The van der Waals surface area contributed by atoms with Crippen LogP contribution in [0.2, 0.25) is 0 Å². The fourth-order valence-corrected chi connectivity index (χ4v) is 2.81. The van der Waals surface area contributed by atoms with Crippen LogP contribution in [-0.2, 0) is 0 Å². The van der Waals surface area contributed by atoms with Crippen molar-refractivity contribution in [2.45, 2.75) is 50.5 Å². The molecule has 0 amide bonds. The molecule has 0 aliphatic rings. The van der Waals surface area contributed by atoms with Gasteiger partial charge in [0.25, 0.3) is 0 Å². The Labute approximate surface area is 121 Å². The van der Waals surface area contributed by atoms with Crippen LogP contribution in [0.1, 0.15) is 45.1 Å². The number of hydrogen-bond donors (Lipinski definition) is 1. The molecule has 2 atom stereocenters. The van der Waals surface area contributed by atoms with Gasteiger partial charge in [-0.25, -0.2) is 4.39 Å². The van der Waals surface area contributed by atoms with Gasteiger partial charge in [0.15, 0.2) is 0 Å². The minimum Gasteiger partial charge on any atom is -0.325 e. The van der Waals surface area contributed by atoms with Crippen molar-refractivity contribution in [3.8, 4) is 0 Å². The van der Waals surface area contributed by atoms with E-state index in [4.69, 9.17) is 5.73 Å². The summed E-state index contributed by atoms with van der Waals surface area (Å²) in [5, 5.41) is 0. The first kappa shape index (κ1) is 16.5. The molecular weight excluding hydrogens is 257 g/mol. The standard InChI is InChI=1S/C16H26FNS/c1-12(2)5-4-10-19-15-8-6-14(7-9-15)13(3)16(18)11-17/h6-9,12-13,16H,4-5,10-11,18H2,1-3H3. The maximum absolute atomic E-state index is 12.5. The Balaban J connectivity index is 2.43. The maximum atomic E-state index is 12.5. The third kappa shape index (κ3) is 5.96. The second kappa shape index (κ2) is 8.60. The molecule has 1 rings (SSSR count). The first-order valence-corrected chi connectivity index (χ1v) is 8.07. The van der Waals surface area contributed by atoms with Crippen molar-refractivity contribution in [1.82, 2.24) is 0 Å². The average molecular weight is 283 g/mol. The van der Waals surface area contributed by atoms with Gasteiger partial charge in [0, 0.05) is 10.9 Å². The van der Waals surface area contributed by atoms with Crippen molar-refractivity contribution < 1.29 is 4.39 Å². The summed E-state index contributed by atoms with van der Waals surface area (Å²) in [6, 6.07) is 7.99. The summed E-state index contributed by atoms with van der Waals surface area (Å²) in [7, 11) is 0. The number of benzene rings is 1. The largest absolute Gasteiger partial charge is 0.325 e. The van der Waals surface area contributed by atoms with Crippen molar-refractivity contribution in [2.75, 3.05) is 12.4 Å². The van der Waals surface area contributed by atoms with Gasteiger partial charge < -0.3 is 5.73 Å². The third-order valence-corrected chi connectivity index (χ3v) is 4.52. The highest BCUT2D eigenvalue weighted by Crippen LogP contribution is 2.24. The van der Waals surface area contributed by atoms with Crippen LogP contribution in [0.4, 0.5) is 4.39 Å².